The van der Waals surface area contributed by atoms with E-state index in [0.29, 0.717) is 16.8 Å². The second kappa shape index (κ2) is 6.71. The molecule has 25 heavy (non-hydrogen) atoms. The molecule has 0 amide bonds. The summed E-state index contributed by atoms with van der Waals surface area (Å²) in [6.07, 6.45) is 0. The van der Waals surface area contributed by atoms with Gasteiger partial charge in [-0.15, -0.1) is 0 Å². The fourth-order valence-electron chi connectivity index (χ4n) is 2.49. The van der Waals surface area contributed by atoms with E-state index in [4.69, 9.17) is 5.73 Å². The molecule has 3 rings (SSSR count). The third-order valence-electron chi connectivity index (χ3n) is 3.65. The van der Waals surface area contributed by atoms with Crippen molar-refractivity contribution in [2.45, 2.75) is 0 Å². The lowest BCUT2D eigenvalue weighted by Gasteiger charge is -2.10. The number of nitrogens with zero attached hydrogens (tertiary/aromatic N) is 3. The van der Waals surface area contributed by atoms with Gasteiger partial charge in [-0.1, -0.05) is 40.2 Å². The molecule has 0 unspecified atom stereocenters. The highest BCUT2D eigenvalue weighted by Gasteiger charge is 2.15. The molecule has 0 atom stereocenters. The molecule has 0 saturated carbocycles. The maximum absolute atomic E-state index is 11.0. The number of benzene rings is 2. The normalized spacial score (nSPS) is 10.2. The van der Waals surface area contributed by atoms with Gasteiger partial charge in [-0.25, -0.2) is 4.98 Å². The average Bonchev–Trinajstić information content (AvgIpc) is 2.61. The zero-order valence-electron chi connectivity index (χ0n) is 12.8. The van der Waals surface area contributed by atoms with Crippen LogP contribution in [-0.2, 0) is 0 Å². The van der Waals surface area contributed by atoms with Crippen molar-refractivity contribution in [1.29, 1.82) is 5.26 Å². The molecule has 0 fully saturated rings. The van der Waals surface area contributed by atoms with Crippen LogP contribution in [0.5, 0.6) is 0 Å². The maximum atomic E-state index is 11.0. The summed E-state index contributed by atoms with van der Waals surface area (Å²) in [5.74, 6) is 0.0847. The van der Waals surface area contributed by atoms with Crippen LogP contribution in [-0.4, -0.2) is 9.91 Å². The molecule has 0 spiro atoms. The summed E-state index contributed by atoms with van der Waals surface area (Å²) < 4.78 is 0.881. The first-order chi connectivity index (χ1) is 12.0. The average molecular weight is 395 g/mol. The quantitative estimate of drug-likeness (QED) is 0.518. The van der Waals surface area contributed by atoms with E-state index in [0.717, 1.165) is 10.0 Å². The number of aromatic nitrogens is 1. The van der Waals surface area contributed by atoms with Crippen molar-refractivity contribution >= 4 is 27.4 Å². The number of nitriles is 1. The van der Waals surface area contributed by atoms with E-state index >= 15 is 0 Å². The summed E-state index contributed by atoms with van der Waals surface area (Å²) in [6, 6.07) is 17.3. The van der Waals surface area contributed by atoms with Crippen LogP contribution >= 0.6 is 15.9 Å². The summed E-state index contributed by atoms with van der Waals surface area (Å²) in [7, 11) is 0. The minimum Gasteiger partial charge on any atom is -0.383 e. The van der Waals surface area contributed by atoms with Crippen molar-refractivity contribution in [2.24, 2.45) is 0 Å². The van der Waals surface area contributed by atoms with E-state index in [2.05, 4.69) is 20.9 Å². The zero-order chi connectivity index (χ0) is 18.0. The van der Waals surface area contributed by atoms with Crippen LogP contribution in [0.3, 0.4) is 0 Å². The van der Waals surface area contributed by atoms with E-state index in [1.54, 1.807) is 18.2 Å². The molecule has 0 saturated heterocycles. The van der Waals surface area contributed by atoms with Gasteiger partial charge in [-0.3, -0.25) is 10.1 Å². The third kappa shape index (κ3) is 3.34. The Bertz CT molecular complexity index is 1030. The number of anilines is 1. The molecular formula is C18H11BrN4O2. The van der Waals surface area contributed by atoms with Crippen molar-refractivity contribution in [3.8, 4) is 28.5 Å². The number of non-ortho nitro benzene ring substituents is 1. The van der Waals surface area contributed by atoms with Gasteiger partial charge in [0, 0.05) is 27.7 Å². The van der Waals surface area contributed by atoms with E-state index in [-0.39, 0.29) is 17.1 Å². The molecule has 122 valence electrons. The monoisotopic (exact) mass is 394 g/mol. The van der Waals surface area contributed by atoms with E-state index in [9.17, 15) is 15.4 Å². The lowest BCUT2D eigenvalue weighted by atomic mass is 9.98. The van der Waals surface area contributed by atoms with Crippen LogP contribution < -0.4 is 5.73 Å². The minimum atomic E-state index is -0.477. The fraction of sp³-hybridized carbons (Fsp3) is 0. The highest BCUT2D eigenvalue weighted by atomic mass is 79.9. The van der Waals surface area contributed by atoms with Gasteiger partial charge in [0.2, 0.25) is 0 Å². The second-order valence-electron chi connectivity index (χ2n) is 5.24. The minimum absolute atomic E-state index is 0.0548. The first kappa shape index (κ1) is 16.6. The predicted molar refractivity (Wildman–Crippen MR) is 98.6 cm³/mol. The summed E-state index contributed by atoms with van der Waals surface area (Å²) in [4.78, 5) is 14.9. The van der Waals surface area contributed by atoms with Crippen molar-refractivity contribution in [3.05, 3.63) is 74.7 Å². The Morgan fingerprint density at radius 3 is 2.52 bits per heavy atom. The Morgan fingerprint density at radius 1 is 1.12 bits per heavy atom. The summed E-state index contributed by atoms with van der Waals surface area (Å²) in [5, 5.41) is 20.5. The summed E-state index contributed by atoms with van der Waals surface area (Å²) in [5.41, 5.74) is 8.55. The standard InChI is InChI=1S/C18H11BrN4O2/c19-13-5-1-4-12(7-13)17-9-15(16(10-20)18(21)22-17)11-3-2-6-14(8-11)23(24)25/h1-9H,(H2,21,22). The Morgan fingerprint density at radius 2 is 1.84 bits per heavy atom. The smallest absolute Gasteiger partial charge is 0.270 e. The van der Waals surface area contributed by atoms with Gasteiger partial charge in [0.05, 0.1) is 10.6 Å². The van der Waals surface area contributed by atoms with Gasteiger partial charge < -0.3 is 5.73 Å². The molecule has 1 aromatic heterocycles. The van der Waals surface area contributed by atoms with Gasteiger partial charge in [0.25, 0.3) is 5.69 Å². The number of pyridine rings is 1. The van der Waals surface area contributed by atoms with Crippen molar-refractivity contribution < 1.29 is 4.92 Å². The number of hydrogen-bond donors (Lipinski definition) is 1. The highest BCUT2D eigenvalue weighted by molar-refractivity contribution is 9.10. The van der Waals surface area contributed by atoms with Gasteiger partial charge in [-0.05, 0) is 23.8 Å². The molecule has 0 aliphatic heterocycles. The van der Waals surface area contributed by atoms with Crippen LogP contribution in [0.25, 0.3) is 22.4 Å². The molecule has 3 aromatic rings. The van der Waals surface area contributed by atoms with Crippen LogP contribution in [0.2, 0.25) is 0 Å². The number of rotatable bonds is 3. The Labute approximate surface area is 151 Å². The molecule has 2 N–H and O–H groups in total. The molecular weight excluding hydrogens is 384 g/mol. The number of halogens is 1. The fourth-order valence-corrected chi connectivity index (χ4v) is 2.89. The zero-order valence-corrected chi connectivity index (χ0v) is 14.4. The van der Waals surface area contributed by atoms with Crippen molar-refractivity contribution in [1.82, 2.24) is 4.98 Å². The van der Waals surface area contributed by atoms with Crippen molar-refractivity contribution in [3.63, 3.8) is 0 Å². The van der Waals surface area contributed by atoms with Crippen LogP contribution in [0.4, 0.5) is 11.5 Å². The molecule has 0 bridgehead atoms. The lowest BCUT2D eigenvalue weighted by Crippen LogP contribution is -2.00. The Kier molecular flexibility index (Phi) is 4.46. The molecule has 7 heteroatoms. The van der Waals surface area contributed by atoms with Gasteiger partial charge in [0.15, 0.2) is 0 Å². The van der Waals surface area contributed by atoms with Gasteiger partial charge in [0.1, 0.15) is 17.5 Å². The Hall–Kier alpha value is -3.24. The molecule has 0 aliphatic carbocycles. The van der Waals surface area contributed by atoms with E-state index in [1.165, 1.54) is 12.1 Å². The largest absolute Gasteiger partial charge is 0.383 e. The molecule has 0 radical (unpaired) electrons. The molecule has 6 nitrogen and oxygen atoms in total. The van der Waals surface area contributed by atoms with Gasteiger partial charge in [-0.2, -0.15) is 5.26 Å². The number of nitrogens with two attached hydrogens (primary N) is 1. The lowest BCUT2D eigenvalue weighted by molar-refractivity contribution is -0.384. The molecule has 2 aromatic carbocycles. The number of hydrogen-bond acceptors (Lipinski definition) is 5. The number of nitrogen functional groups attached to an aromatic ring is 1. The van der Waals surface area contributed by atoms with E-state index in [1.807, 2.05) is 30.3 Å². The van der Waals surface area contributed by atoms with Crippen molar-refractivity contribution in [2.75, 3.05) is 5.73 Å². The molecule has 0 aliphatic rings. The Balaban J connectivity index is 2.24. The SMILES string of the molecule is N#Cc1c(-c2cccc([N+](=O)[O-])c2)cc(-c2cccc(Br)c2)nc1N. The second-order valence-corrected chi connectivity index (χ2v) is 6.16. The summed E-state index contributed by atoms with van der Waals surface area (Å²) in [6.45, 7) is 0. The predicted octanol–water partition coefficient (Wildman–Crippen LogP) is 4.54. The molecule has 1 heterocycles. The van der Waals surface area contributed by atoms with E-state index < -0.39 is 4.92 Å². The third-order valence-corrected chi connectivity index (χ3v) is 4.14. The van der Waals surface area contributed by atoms with Crippen LogP contribution in [0, 0.1) is 21.4 Å². The number of nitro benzene ring substituents is 1. The first-order valence-electron chi connectivity index (χ1n) is 7.21. The summed E-state index contributed by atoms with van der Waals surface area (Å²) >= 11 is 3.41. The van der Waals surface area contributed by atoms with Gasteiger partial charge >= 0.3 is 0 Å². The number of nitro groups is 1. The maximum Gasteiger partial charge on any atom is 0.270 e. The van der Waals surface area contributed by atoms with Crippen LogP contribution in [0.15, 0.2) is 59.1 Å². The topological polar surface area (TPSA) is 106 Å². The first-order valence-corrected chi connectivity index (χ1v) is 8.00. The highest BCUT2D eigenvalue weighted by Crippen LogP contribution is 2.33. The van der Waals surface area contributed by atoms with Crippen LogP contribution in [0.1, 0.15) is 5.56 Å².